The second-order valence-corrected chi connectivity index (χ2v) is 7.76. The number of hydrogen-bond donors (Lipinski definition) is 0. The van der Waals surface area contributed by atoms with Crippen LogP contribution in [-0.4, -0.2) is 53.2 Å². The third kappa shape index (κ3) is 4.41. The number of rotatable bonds is 9. The van der Waals surface area contributed by atoms with E-state index < -0.39 is 10.0 Å². The Bertz CT molecular complexity index is 508. The molecule has 1 aromatic rings. The van der Waals surface area contributed by atoms with Gasteiger partial charge in [-0.3, -0.25) is 0 Å². The number of aryl methyl sites for hydroxylation is 1. The van der Waals surface area contributed by atoms with Crippen molar-refractivity contribution >= 4 is 33.0 Å². The first-order valence-electron chi connectivity index (χ1n) is 6.10. The van der Waals surface area contributed by atoms with E-state index in [0.29, 0.717) is 36.4 Å². The lowest BCUT2D eigenvalue weighted by Gasteiger charge is -2.20. The Labute approximate surface area is 129 Å². The number of alkyl halides is 1. The molecule has 0 N–H and O–H groups in total. The number of halogens is 1. The minimum Gasteiger partial charge on any atom is -0.383 e. The second kappa shape index (κ2) is 8.31. The summed E-state index contributed by atoms with van der Waals surface area (Å²) in [5.41, 5.74) is 0.905. The minimum absolute atomic E-state index is 0.301. The third-order valence-electron chi connectivity index (χ3n) is 2.80. The predicted molar refractivity (Wildman–Crippen MR) is 81.1 cm³/mol. The van der Waals surface area contributed by atoms with Crippen LogP contribution in [0.5, 0.6) is 0 Å². The molecular formula is C12H20ClNO4S2. The van der Waals surface area contributed by atoms with Gasteiger partial charge in [0.2, 0.25) is 0 Å². The van der Waals surface area contributed by atoms with Gasteiger partial charge in [0.25, 0.3) is 10.0 Å². The maximum absolute atomic E-state index is 12.6. The summed E-state index contributed by atoms with van der Waals surface area (Å²) in [5.74, 6) is 0.322. The minimum atomic E-state index is -3.52. The molecule has 1 aromatic heterocycles. The first-order chi connectivity index (χ1) is 9.47. The number of sulfonamides is 1. The molecule has 1 heterocycles. The average molecular weight is 342 g/mol. The maximum Gasteiger partial charge on any atom is 0.252 e. The molecule has 1 rings (SSSR count). The van der Waals surface area contributed by atoms with E-state index in [4.69, 9.17) is 21.1 Å². The highest BCUT2D eigenvalue weighted by Crippen LogP contribution is 2.29. The first-order valence-corrected chi connectivity index (χ1v) is 8.89. The summed E-state index contributed by atoms with van der Waals surface area (Å²) in [7, 11) is -0.437. The molecule has 0 spiro atoms. The Morgan fingerprint density at radius 3 is 2.20 bits per heavy atom. The van der Waals surface area contributed by atoms with Gasteiger partial charge < -0.3 is 9.47 Å². The second-order valence-electron chi connectivity index (χ2n) is 4.19. The van der Waals surface area contributed by atoms with Gasteiger partial charge in [-0.15, -0.1) is 22.9 Å². The summed E-state index contributed by atoms with van der Waals surface area (Å²) in [6, 6.07) is 1.67. The van der Waals surface area contributed by atoms with E-state index in [-0.39, 0.29) is 0 Å². The van der Waals surface area contributed by atoms with E-state index in [2.05, 4.69) is 0 Å². The molecule has 0 atom stereocenters. The summed E-state index contributed by atoms with van der Waals surface area (Å²) < 4.78 is 36.8. The standard InChI is InChI=1S/C12H20ClNO4S2/c1-10-8-12(19-11(10)9-13)20(15,16)14(4-6-17-2)5-7-18-3/h8H,4-7,9H2,1-3H3. The zero-order chi connectivity index (χ0) is 15.2. The first kappa shape index (κ1) is 17.9. The molecule has 0 aliphatic carbocycles. The van der Waals surface area contributed by atoms with E-state index in [9.17, 15) is 8.42 Å². The van der Waals surface area contributed by atoms with E-state index in [1.165, 1.54) is 15.6 Å². The molecule has 0 unspecified atom stereocenters. The van der Waals surface area contributed by atoms with Crippen molar-refractivity contribution in [1.29, 1.82) is 0 Å². The van der Waals surface area contributed by atoms with Crippen LogP contribution in [0.3, 0.4) is 0 Å². The van der Waals surface area contributed by atoms with Crippen molar-refractivity contribution in [2.75, 3.05) is 40.5 Å². The average Bonchev–Trinajstić information content (AvgIpc) is 2.80. The number of ether oxygens (including phenoxy) is 2. The molecule has 8 heteroatoms. The van der Waals surface area contributed by atoms with E-state index in [1.807, 2.05) is 6.92 Å². The van der Waals surface area contributed by atoms with Gasteiger partial charge in [0.1, 0.15) is 4.21 Å². The van der Waals surface area contributed by atoms with Gasteiger partial charge in [-0.2, -0.15) is 4.31 Å². The molecule has 0 bridgehead atoms. The highest BCUT2D eigenvalue weighted by molar-refractivity contribution is 7.91. The summed E-state index contributed by atoms with van der Waals surface area (Å²) >= 11 is 7.02. The van der Waals surface area contributed by atoms with Gasteiger partial charge in [0.15, 0.2) is 0 Å². The smallest absolute Gasteiger partial charge is 0.252 e. The number of nitrogens with zero attached hydrogens (tertiary/aromatic N) is 1. The van der Waals surface area contributed by atoms with Gasteiger partial charge >= 0.3 is 0 Å². The van der Waals surface area contributed by atoms with Gasteiger partial charge in [-0.1, -0.05) is 0 Å². The van der Waals surface area contributed by atoms with Crippen LogP contribution in [0.2, 0.25) is 0 Å². The lowest BCUT2D eigenvalue weighted by molar-refractivity contribution is 0.150. The van der Waals surface area contributed by atoms with Crippen LogP contribution in [-0.2, 0) is 25.4 Å². The monoisotopic (exact) mass is 341 g/mol. The Morgan fingerprint density at radius 2 is 1.80 bits per heavy atom. The quantitative estimate of drug-likeness (QED) is 0.645. The van der Waals surface area contributed by atoms with Crippen molar-refractivity contribution in [2.45, 2.75) is 17.0 Å². The van der Waals surface area contributed by atoms with E-state index in [1.54, 1.807) is 20.3 Å². The van der Waals surface area contributed by atoms with Crippen molar-refractivity contribution in [3.63, 3.8) is 0 Å². The predicted octanol–water partition coefficient (Wildman–Crippen LogP) is 2.08. The molecule has 0 aliphatic rings. The molecule has 0 aromatic carbocycles. The normalized spacial score (nSPS) is 12.2. The van der Waals surface area contributed by atoms with Crippen LogP contribution >= 0.6 is 22.9 Å². The molecule has 0 amide bonds. The van der Waals surface area contributed by atoms with Gasteiger partial charge in [-0.05, 0) is 18.6 Å². The van der Waals surface area contributed by atoms with Gasteiger partial charge in [0.05, 0.1) is 19.1 Å². The molecule has 0 aliphatic heterocycles. The Balaban J connectivity index is 3.00. The number of methoxy groups -OCH3 is 2. The van der Waals surface area contributed by atoms with Crippen LogP contribution in [0.4, 0.5) is 0 Å². The van der Waals surface area contributed by atoms with Crippen molar-refractivity contribution in [3.05, 3.63) is 16.5 Å². The third-order valence-corrected chi connectivity index (χ3v) is 6.81. The van der Waals surface area contributed by atoms with Crippen LogP contribution < -0.4 is 0 Å². The molecule has 0 radical (unpaired) electrons. The van der Waals surface area contributed by atoms with Crippen LogP contribution in [0.1, 0.15) is 10.4 Å². The molecule has 0 saturated carbocycles. The van der Waals surface area contributed by atoms with Crippen molar-refractivity contribution in [3.8, 4) is 0 Å². The van der Waals surface area contributed by atoms with E-state index >= 15 is 0 Å². The molecule has 20 heavy (non-hydrogen) atoms. The van der Waals surface area contributed by atoms with Crippen molar-refractivity contribution < 1.29 is 17.9 Å². The van der Waals surface area contributed by atoms with Crippen molar-refractivity contribution in [1.82, 2.24) is 4.31 Å². The fourth-order valence-corrected chi connectivity index (χ4v) is 4.99. The largest absolute Gasteiger partial charge is 0.383 e. The summed E-state index contributed by atoms with van der Waals surface area (Å²) in [6.45, 7) is 3.15. The van der Waals surface area contributed by atoms with Crippen molar-refractivity contribution in [2.24, 2.45) is 0 Å². The zero-order valence-corrected chi connectivity index (χ0v) is 14.3. The zero-order valence-electron chi connectivity index (χ0n) is 11.9. The van der Waals surface area contributed by atoms with Crippen LogP contribution in [0.15, 0.2) is 10.3 Å². The fraction of sp³-hybridized carbons (Fsp3) is 0.667. The summed E-state index contributed by atoms with van der Waals surface area (Å²) in [4.78, 5) is 0.878. The Kier molecular flexibility index (Phi) is 7.42. The Hall–Kier alpha value is -0.180. The van der Waals surface area contributed by atoms with E-state index in [0.717, 1.165) is 10.4 Å². The Morgan fingerprint density at radius 1 is 1.25 bits per heavy atom. The molecule has 5 nitrogen and oxygen atoms in total. The highest BCUT2D eigenvalue weighted by atomic mass is 35.5. The van der Waals surface area contributed by atoms with Gasteiger partial charge in [0, 0.05) is 32.2 Å². The lowest BCUT2D eigenvalue weighted by atomic mass is 10.3. The number of thiophene rings is 1. The highest BCUT2D eigenvalue weighted by Gasteiger charge is 2.26. The van der Waals surface area contributed by atoms with Crippen LogP contribution in [0, 0.1) is 6.92 Å². The fourth-order valence-electron chi connectivity index (χ4n) is 1.61. The number of hydrogen-bond acceptors (Lipinski definition) is 5. The van der Waals surface area contributed by atoms with Gasteiger partial charge in [-0.25, -0.2) is 8.42 Å². The molecule has 116 valence electrons. The summed E-state index contributed by atoms with van der Waals surface area (Å²) in [5, 5.41) is 0. The van der Waals surface area contributed by atoms with Crippen LogP contribution in [0.25, 0.3) is 0 Å². The molecule has 0 fully saturated rings. The maximum atomic E-state index is 12.6. The lowest BCUT2D eigenvalue weighted by Crippen LogP contribution is -2.36. The molecule has 0 saturated heterocycles. The topological polar surface area (TPSA) is 55.8 Å². The molecular weight excluding hydrogens is 322 g/mol. The summed E-state index contributed by atoms with van der Waals surface area (Å²) in [6.07, 6.45) is 0. The SMILES string of the molecule is COCCN(CCOC)S(=O)(=O)c1cc(C)c(CCl)s1.